The Hall–Kier alpha value is -4.16. The molecule has 0 aromatic heterocycles. The van der Waals surface area contributed by atoms with E-state index in [1.165, 1.54) is 36.6 Å². The van der Waals surface area contributed by atoms with Gasteiger partial charge in [0.2, 0.25) is 0 Å². The number of thiol groups is 1. The number of hydrogen-bond donors (Lipinski definition) is 3. The van der Waals surface area contributed by atoms with Crippen molar-refractivity contribution in [1.29, 1.82) is 10.5 Å². The second-order valence-corrected chi connectivity index (χ2v) is 10.6. The summed E-state index contributed by atoms with van der Waals surface area (Å²) in [5.74, 6) is 4.26. The lowest BCUT2D eigenvalue weighted by molar-refractivity contribution is 0.401. The number of rotatable bonds is 8. The summed E-state index contributed by atoms with van der Waals surface area (Å²) in [6, 6.07) is 25.5. The van der Waals surface area contributed by atoms with Gasteiger partial charge in [0, 0.05) is 23.6 Å². The molecule has 0 fully saturated rings. The lowest BCUT2D eigenvalue weighted by atomic mass is 10.2. The number of ether oxygens (including phenoxy) is 4. The van der Waals surface area contributed by atoms with Crippen LogP contribution in [0.1, 0.15) is 22.3 Å². The molecule has 0 amide bonds. The van der Waals surface area contributed by atoms with Crippen molar-refractivity contribution in [2.75, 3.05) is 28.4 Å². The van der Waals surface area contributed by atoms with Gasteiger partial charge in [-0.05, 0) is 63.5 Å². The van der Waals surface area contributed by atoms with E-state index in [9.17, 15) is 10.2 Å². The van der Waals surface area contributed by atoms with Crippen LogP contribution >= 0.6 is 40.3 Å². The van der Waals surface area contributed by atoms with E-state index in [0.29, 0.717) is 16.0 Å². The highest BCUT2D eigenvalue weighted by atomic mass is 79.9. The van der Waals surface area contributed by atoms with Crippen molar-refractivity contribution in [3.8, 4) is 46.6 Å². The number of nitriles is 2. The maximum absolute atomic E-state index is 9.77. The molecular weight excluding hydrogens is 652 g/mol. The third-order valence-corrected chi connectivity index (χ3v) is 7.78. The standard InChI is InChI=1S/C16H15NO3S.C8H6BrNO2.C8H10OS/c1-19-13-5-3-11(4-6-13)10-21-16-8-14(18)12(9-17)7-15(16)20-2;1-12-8-2-5(4-10)7(11)3-6(8)9;1-9-8-4-2-7(6-10)3-5-8/h3-8,18H,10H2,1-2H3;2-3,11H,1H3;2-5,10H,6H2,1H3. The summed E-state index contributed by atoms with van der Waals surface area (Å²) in [5, 5.41) is 36.4. The van der Waals surface area contributed by atoms with Gasteiger partial charge in [0.25, 0.3) is 0 Å². The SMILES string of the molecule is COc1cc(C#N)c(O)cc1Br.COc1ccc(CS)cc1.COc1ccc(CSc2cc(O)c(C#N)cc2OC)cc1. The molecule has 0 bridgehead atoms. The topological polar surface area (TPSA) is 125 Å². The van der Waals surface area contributed by atoms with Gasteiger partial charge in [-0.1, -0.05) is 24.3 Å². The molecule has 0 saturated heterocycles. The lowest BCUT2D eigenvalue weighted by Crippen LogP contribution is -1.90. The van der Waals surface area contributed by atoms with Crippen molar-refractivity contribution < 1.29 is 29.2 Å². The van der Waals surface area contributed by atoms with E-state index in [2.05, 4.69) is 28.6 Å². The molecule has 0 aliphatic carbocycles. The minimum absolute atomic E-state index is 0.0319. The monoisotopic (exact) mass is 682 g/mol. The predicted octanol–water partition coefficient (Wildman–Crippen LogP) is 7.73. The van der Waals surface area contributed by atoms with Crippen molar-refractivity contribution in [2.24, 2.45) is 0 Å². The van der Waals surface area contributed by atoms with Gasteiger partial charge < -0.3 is 29.2 Å². The Morgan fingerprint density at radius 3 is 1.60 bits per heavy atom. The Kier molecular flexibility index (Phi) is 15.0. The average molecular weight is 684 g/mol. The molecule has 0 saturated carbocycles. The summed E-state index contributed by atoms with van der Waals surface area (Å²) in [6.07, 6.45) is 0. The minimum Gasteiger partial charge on any atom is -0.507 e. The summed E-state index contributed by atoms with van der Waals surface area (Å²) in [4.78, 5) is 0.796. The maximum Gasteiger partial charge on any atom is 0.134 e. The highest BCUT2D eigenvalue weighted by molar-refractivity contribution is 9.10. The fourth-order valence-corrected chi connectivity index (χ4v) is 5.01. The van der Waals surface area contributed by atoms with E-state index in [1.807, 2.05) is 60.7 Å². The van der Waals surface area contributed by atoms with Crippen molar-refractivity contribution in [1.82, 2.24) is 0 Å². The molecule has 0 unspecified atom stereocenters. The second kappa shape index (κ2) is 18.4. The van der Waals surface area contributed by atoms with E-state index < -0.39 is 0 Å². The summed E-state index contributed by atoms with van der Waals surface area (Å²) < 4.78 is 20.9. The average Bonchev–Trinajstić information content (AvgIpc) is 3.04. The molecule has 8 nitrogen and oxygen atoms in total. The van der Waals surface area contributed by atoms with Crippen LogP contribution < -0.4 is 18.9 Å². The van der Waals surface area contributed by atoms with Crippen LogP contribution in [-0.2, 0) is 11.5 Å². The van der Waals surface area contributed by atoms with E-state index in [4.69, 9.17) is 29.5 Å². The number of nitrogens with zero attached hydrogens (tertiary/aromatic N) is 2. The molecule has 2 N–H and O–H groups in total. The van der Waals surface area contributed by atoms with Gasteiger partial charge in [0.1, 0.15) is 46.6 Å². The number of phenolic OH excluding ortho intramolecular Hbond substituents is 2. The Labute approximate surface area is 270 Å². The number of phenols is 2. The molecule has 11 heteroatoms. The van der Waals surface area contributed by atoms with Crippen LogP contribution in [0.2, 0.25) is 0 Å². The van der Waals surface area contributed by atoms with Gasteiger partial charge in [-0.3, -0.25) is 0 Å². The molecule has 4 aromatic rings. The van der Waals surface area contributed by atoms with E-state index in [0.717, 1.165) is 33.5 Å². The van der Waals surface area contributed by atoms with Gasteiger partial charge in [0.05, 0.1) is 48.9 Å². The minimum atomic E-state index is -0.0508. The van der Waals surface area contributed by atoms with Crippen molar-refractivity contribution >= 4 is 40.3 Å². The van der Waals surface area contributed by atoms with E-state index in [-0.39, 0.29) is 22.6 Å². The maximum atomic E-state index is 9.77. The zero-order valence-corrected chi connectivity index (χ0v) is 27.3. The first kappa shape index (κ1) is 35.0. The fourth-order valence-electron chi connectivity index (χ4n) is 3.31. The Morgan fingerprint density at radius 1 is 0.698 bits per heavy atom. The Bertz CT molecular complexity index is 1530. The Morgan fingerprint density at radius 2 is 1.16 bits per heavy atom. The molecule has 4 aromatic carbocycles. The molecule has 0 spiro atoms. The third kappa shape index (κ3) is 10.9. The van der Waals surface area contributed by atoms with Crippen LogP contribution in [0.5, 0.6) is 34.5 Å². The van der Waals surface area contributed by atoms with Crippen molar-refractivity contribution in [3.63, 3.8) is 0 Å². The third-order valence-electron chi connectivity index (χ3n) is 5.69. The predicted molar refractivity (Wildman–Crippen MR) is 175 cm³/mol. The highest BCUT2D eigenvalue weighted by Gasteiger charge is 2.11. The molecule has 0 radical (unpaired) electrons. The highest BCUT2D eigenvalue weighted by Crippen LogP contribution is 2.36. The summed E-state index contributed by atoms with van der Waals surface area (Å²) >= 11 is 8.85. The largest absolute Gasteiger partial charge is 0.507 e. The number of benzene rings is 4. The summed E-state index contributed by atoms with van der Waals surface area (Å²) in [7, 11) is 6.34. The first-order valence-corrected chi connectivity index (χ1v) is 14.9. The molecule has 0 atom stereocenters. The van der Waals surface area contributed by atoms with Crippen molar-refractivity contribution in [2.45, 2.75) is 16.4 Å². The first-order valence-electron chi connectivity index (χ1n) is 12.5. The molecule has 0 heterocycles. The smallest absolute Gasteiger partial charge is 0.134 e. The van der Waals surface area contributed by atoms with Crippen LogP contribution in [-0.4, -0.2) is 38.7 Å². The molecule has 0 aliphatic rings. The quantitative estimate of drug-likeness (QED) is 0.126. The molecule has 0 aliphatic heterocycles. The molecule has 224 valence electrons. The van der Waals surface area contributed by atoms with Crippen LogP contribution in [0, 0.1) is 22.7 Å². The van der Waals surface area contributed by atoms with Gasteiger partial charge >= 0.3 is 0 Å². The number of halogens is 1. The molecule has 43 heavy (non-hydrogen) atoms. The van der Waals surface area contributed by atoms with Crippen LogP contribution in [0.25, 0.3) is 0 Å². The number of thioether (sulfide) groups is 1. The van der Waals surface area contributed by atoms with Gasteiger partial charge in [-0.15, -0.1) is 11.8 Å². The molecule has 4 rings (SSSR count). The van der Waals surface area contributed by atoms with Crippen LogP contribution in [0.4, 0.5) is 0 Å². The van der Waals surface area contributed by atoms with E-state index >= 15 is 0 Å². The normalized spacial score (nSPS) is 9.58. The zero-order chi connectivity index (χ0) is 31.8. The van der Waals surface area contributed by atoms with Gasteiger partial charge in [-0.25, -0.2) is 0 Å². The van der Waals surface area contributed by atoms with Crippen LogP contribution in [0.3, 0.4) is 0 Å². The second-order valence-electron chi connectivity index (χ2n) is 8.39. The number of aromatic hydroxyl groups is 2. The fraction of sp³-hybridized carbons (Fsp3) is 0.188. The number of hydrogen-bond acceptors (Lipinski definition) is 10. The summed E-state index contributed by atoms with van der Waals surface area (Å²) in [6.45, 7) is 0. The summed E-state index contributed by atoms with van der Waals surface area (Å²) in [5.41, 5.74) is 2.76. The van der Waals surface area contributed by atoms with Gasteiger partial charge in [0.15, 0.2) is 0 Å². The van der Waals surface area contributed by atoms with E-state index in [1.54, 1.807) is 33.5 Å². The number of methoxy groups -OCH3 is 4. The Balaban J connectivity index is 0.000000248. The van der Waals surface area contributed by atoms with Crippen molar-refractivity contribution in [3.05, 3.63) is 99.5 Å². The first-order chi connectivity index (χ1) is 20.7. The molecular formula is C32H31BrN2O6S2. The van der Waals surface area contributed by atoms with Gasteiger partial charge in [-0.2, -0.15) is 23.2 Å². The van der Waals surface area contributed by atoms with Crippen LogP contribution in [0.15, 0.2) is 82.2 Å². The lowest BCUT2D eigenvalue weighted by Gasteiger charge is -2.10. The zero-order valence-electron chi connectivity index (χ0n) is 24.0.